The Bertz CT molecular complexity index is 1250. The zero-order valence-corrected chi connectivity index (χ0v) is 57.0. The average Bonchev–Trinajstić information content (AvgIpc) is 3.49. The van der Waals surface area contributed by atoms with Crippen molar-refractivity contribution in [2.45, 2.75) is 463 Å². The maximum absolute atomic E-state index is 13.0. The molecular formula is C77H150O6. The summed E-state index contributed by atoms with van der Waals surface area (Å²) >= 11 is 0. The second kappa shape index (κ2) is 72.9. The lowest BCUT2D eigenvalue weighted by Gasteiger charge is -2.18. The Morgan fingerprint density at radius 1 is 0.193 bits per heavy atom. The molecular weight excluding hydrogens is 1020 g/mol. The van der Waals surface area contributed by atoms with E-state index in [-0.39, 0.29) is 31.1 Å². The van der Waals surface area contributed by atoms with Crippen LogP contribution in [0.1, 0.15) is 457 Å². The standard InChI is InChI=1S/C77H150O6/c1-4-7-10-13-16-19-22-25-27-29-31-33-35-37-38-39-41-42-44-46-48-50-52-55-58-61-64-67-70-76(79)82-73-74(72-81-75(78)69-66-63-60-57-54-24-21-18-15-12-9-6-3)83-77(80)71-68-65-62-59-56-53-51-49-47-45-43-40-36-34-32-30-28-26-23-20-17-14-11-8-5-2/h74H,4-73H2,1-3H3. The van der Waals surface area contributed by atoms with Crippen LogP contribution in [0.3, 0.4) is 0 Å². The van der Waals surface area contributed by atoms with E-state index in [2.05, 4.69) is 20.8 Å². The lowest BCUT2D eigenvalue weighted by atomic mass is 10.0. The summed E-state index contributed by atoms with van der Waals surface area (Å²) in [5, 5.41) is 0. The van der Waals surface area contributed by atoms with Crippen LogP contribution >= 0.6 is 0 Å². The molecule has 0 rings (SSSR count). The number of hydrogen-bond donors (Lipinski definition) is 0. The molecule has 1 atom stereocenters. The average molecular weight is 1170 g/mol. The fourth-order valence-corrected chi connectivity index (χ4v) is 12.3. The molecule has 0 heterocycles. The number of ether oxygens (including phenoxy) is 3. The van der Waals surface area contributed by atoms with Crippen LogP contribution in [-0.2, 0) is 28.6 Å². The van der Waals surface area contributed by atoms with Gasteiger partial charge in [0.15, 0.2) is 6.10 Å². The SMILES string of the molecule is CCCCCCCCCCCCCCCCCCCCCCCCCCCCCCC(=O)OCC(COC(=O)CCCCCCCCCCCCCC)OC(=O)CCCCCCCCCCCCCCCCCCCCCCCCCCC. The fourth-order valence-electron chi connectivity index (χ4n) is 12.3. The van der Waals surface area contributed by atoms with Crippen molar-refractivity contribution >= 4 is 17.9 Å². The summed E-state index contributed by atoms with van der Waals surface area (Å²) in [7, 11) is 0. The highest BCUT2D eigenvalue weighted by Gasteiger charge is 2.20. The van der Waals surface area contributed by atoms with Crippen LogP contribution in [0, 0.1) is 0 Å². The molecule has 6 nitrogen and oxygen atoms in total. The van der Waals surface area contributed by atoms with Crippen molar-refractivity contribution in [3.8, 4) is 0 Å². The molecule has 0 radical (unpaired) electrons. The van der Waals surface area contributed by atoms with Crippen LogP contribution in [0.4, 0.5) is 0 Å². The van der Waals surface area contributed by atoms with E-state index in [0.717, 1.165) is 57.8 Å². The van der Waals surface area contributed by atoms with Gasteiger partial charge in [0.05, 0.1) is 0 Å². The third-order valence-electron chi connectivity index (χ3n) is 18.1. The molecule has 0 saturated heterocycles. The number of hydrogen-bond acceptors (Lipinski definition) is 6. The van der Waals surface area contributed by atoms with Gasteiger partial charge in [-0.3, -0.25) is 14.4 Å². The largest absolute Gasteiger partial charge is 0.462 e. The first-order valence-electron chi connectivity index (χ1n) is 38.5. The predicted molar refractivity (Wildman–Crippen MR) is 363 cm³/mol. The third-order valence-corrected chi connectivity index (χ3v) is 18.1. The molecule has 0 aromatic rings. The van der Waals surface area contributed by atoms with E-state index in [1.54, 1.807) is 0 Å². The van der Waals surface area contributed by atoms with E-state index in [9.17, 15) is 14.4 Å². The van der Waals surface area contributed by atoms with Gasteiger partial charge in [-0.05, 0) is 19.3 Å². The Labute approximate surface area is 520 Å². The van der Waals surface area contributed by atoms with Gasteiger partial charge in [0.1, 0.15) is 13.2 Å². The van der Waals surface area contributed by atoms with Crippen LogP contribution in [0.2, 0.25) is 0 Å². The van der Waals surface area contributed by atoms with Gasteiger partial charge >= 0.3 is 17.9 Å². The summed E-state index contributed by atoms with van der Waals surface area (Å²) < 4.78 is 17.0. The summed E-state index contributed by atoms with van der Waals surface area (Å²) in [6.45, 7) is 6.75. The Morgan fingerprint density at radius 3 is 0.482 bits per heavy atom. The Morgan fingerprint density at radius 2 is 0.325 bits per heavy atom. The molecule has 6 heteroatoms. The molecule has 0 spiro atoms. The molecule has 0 aromatic heterocycles. The first-order valence-corrected chi connectivity index (χ1v) is 38.5. The van der Waals surface area contributed by atoms with Gasteiger partial charge in [-0.1, -0.05) is 419 Å². The molecule has 0 aromatic carbocycles. The smallest absolute Gasteiger partial charge is 0.306 e. The zero-order valence-electron chi connectivity index (χ0n) is 57.0. The molecule has 0 amide bonds. The van der Waals surface area contributed by atoms with Gasteiger partial charge in [-0.25, -0.2) is 0 Å². The number of rotatable bonds is 73. The van der Waals surface area contributed by atoms with Gasteiger partial charge in [0, 0.05) is 19.3 Å². The molecule has 0 bridgehead atoms. The molecule has 0 aliphatic rings. The summed E-state index contributed by atoms with van der Waals surface area (Å²) in [6, 6.07) is 0. The minimum Gasteiger partial charge on any atom is -0.462 e. The van der Waals surface area contributed by atoms with Crippen molar-refractivity contribution in [3.05, 3.63) is 0 Å². The van der Waals surface area contributed by atoms with Gasteiger partial charge in [0.25, 0.3) is 0 Å². The lowest BCUT2D eigenvalue weighted by molar-refractivity contribution is -0.167. The first-order chi connectivity index (χ1) is 41.0. The summed E-state index contributed by atoms with van der Waals surface area (Å²) in [4.78, 5) is 38.5. The van der Waals surface area contributed by atoms with E-state index < -0.39 is 6.10 Å². The van der Waals surface area contributed by atoms with Crippen LogP contribution in [0.5, 0.6) is 0 Å². The highest BCUT2D eigenvalue weighted by Crippen LogP contribution is 2.20. The number of unbranched alkanes of at least 4 members (excludes halogenated alkanes) is 62. The van der Waals surface area contributed by atoms with E-state index in [0.29, 0.717) is 19.3 Å². The first kappa shape index (κ1) is 81.4. The van der Waals surface area contributed by atoms with Gasteiger partial charge < -0.3 is 14.2 Å². The quantitative estimate of drug-likeness (QED) is 0.0343. The topological polar surface area (TPSA) is 78.9 Å². The number of carbonyl (C=O) groups excluding carboxylic acids is 3. The van der Waals surface area contributed by atoms with Crippen LogP contribution in [0.15, 0.2) is 0 Å². The van der Waals surface area contributed by atoms with E-state index >= 15 is 0 Å². The second-order valence-corrected chi connectivity index (χ2v) is 26.6. The van der Waals surface area contributed by atoms with E-state index in [4.69, 9.17) is 14.2 Å². The van der Waals surface area contributed by atoms with Crippen molar-refractivity contribution in [1.82, 2.24) is 0 Å². The van der Waals surface area contributed by atoms with Crippen LogP contribution in [0.25, 0.3) is 0 Å². The summed E-state index contributed by atoms with van der Waals surface area (Å²) in [6.07, 6.45) is 87.4. The Kier molecular flexibility index (Phi) is 71.5. The minimum atomic E-state index is -0.764. The third kappa shape index (κ3) is 71.1. The van der Waals surface area contributed by atoms with Crippen LogP contribution in [-0.4, -0.2) is 37.2 Å². The highest BCUT2D eigenvalue weighted by molar-refractivity contribution is 5.71. The molecule has 1 unspecified atom stereocenters. The molecule has 0 saturated carbocycles. The fraction of sp³-hybridized carbons (Fsp3) is 0.961. The summed E-state index contributed by atoms with van der Waals surface area (Å²) in [5.41, 5.74) is 0. The van der Waals surface area contributed by atoms with Gasteiger partial charge in [0.2, 0.25) is 0 Å². The minimum absolute atomic E-state index is 0.0600. The van der Waals surface area contributed by atoms with Crippen molar-refractivity contribution in [2.75, 3.05) is 13.2 Å². The normalized spacial score (nSPS) is 11.9. The maximum Gasteiger partial charge on any atom is 0.306 e. The number of carbonyl (C=O) groups is 3. The molecule has 0 fully saturated rings. The van der Waals surface area contributed by atoms with Crippen molar-refractivity contribution in [2.24, 2.45) is 0 Å². The van der Waals surface area contributed by atoms with E-state index in [1.807, 2.05) is 0 Å². The van der Waals surface area contributed by atoms with Crippen molar-refractivity contribution < 1.29 is 28.6 Å². The number of esters is 3. The van der Waals surface area contributed by atoms with Crippen LogP contribution < -0.4 is 0 Å². The van der Waals surface area contributed by atoms with Gasteiger partial charge in [-0.15, -0.1) is 0 Å². The second-order valence-electron chi connectivity index (χ2n) is 26.6. The molecule has 83 heavy (non-hydrogen) atoms. The zero-order chi connectivity index (χ0) is 59.9. The predicted octanol–water partition coefficient (Wildman–Crippen LogP) is 26.6. The Balaban J connectivity index is 4.12. The van der Waals surface area contributed by atoms with Crippen molar-refractivity contribution in [1.29, 1.82) is 0 Å². The highest BCUT2D eigenvalue weighted by atomic mass is 16.6. The molecule has 0 N–H and O–H groups in total. The lowest BCUT2D eigenvalue weighted by Crippen LogP contribution is -2.30. The van der Waals surface area contributed by atoms with Gasteiger partial charge in [-0.2, -0.15) is 0 Å². The molecule has 494 valence electrons. The monoisotopic (exact) mass is 1170 g/mol. The Hall–Kier alpha value is -1.59. The summed E-state index contributed by atoms with van der Waals surface area (Å²) in [5.74, 6) is -0.817. The van der Waals surface area contributed by atoms with Crippen molar-refractivity contribution in [3.63, 3.8) is 0 Å². The van der Waals surface area contributed by atoms with E-state index in [1.165, 1.54) is 360 Å². The maximum atomic E-state index is 13.0. The molecule has 0 aliphatic carbocycles. The molecule has 0 aliphatic heterocycles.